The standard InChI is InChI=1S/C24H22N2O/c1-27-23-8-2-5-20(16-23)19-11-9-18(10-12-19)15-21-6-4-14-26-24(21)22-7-3-13-25-17-22/h2-3,5,7-13,15-17H,4,6,14H2,1H3/b21-15+. The molecule has 1 aliphatic heterocycles. The van der Waals surface area contributed by atoms with Gasteiger partial charge in [0, 0.05) is 24.5 Å². The summed E-state index contributed by atoms with van der Waals surface area (Å²) in [5, 5.41) is 0. The van der Waals surface area contributed by atoms with Crippen molar-refractivity contribution in [3.05, 3.63) is 89.8 Å². The molecular weight excluding hydrogens is 332 g/mol. The van der Waals surface area contributed by atoms with Crippen LogP contribution in [0.3, 0.4) is 0 Å². The summed E-state index contributed by atoms with van der Waals surface area (Å²) in [4.78, 5) is 9.00. The van der Waals surface area contributed by atoms with Gasteiger partial charge >= 0.3 is 0 Å². The molecule has 0 amide bonds. The van der Waals surface area contributed by atoms with Gasteiger partial charge in [-0.05, 0) is 65.4 Å². The zero-order valence-electron chi connectivity index (χ0n) is 15.4. The van der Waals surface area contributed by atoms with E-state index in [0.717, 1.165) is 42.0 Å². The predicted molar refractivity (Wildman–Crippen MR) is 111 cm³/mol. The van der Waals surface area contributed by atoms with Crippen LogP contribution in [0.2, 0.25) is 0 Å². The van der Waals surface area contributed by atoms with Gasteiger partial charge < -0.3 is 4.74 Å². The molecule has 3 heteroatoms. The first-order valence-electron chi connectivity index (χ1n) is 9.24. The van der Waals surface area contributed by atoms with Crippen molar-refractivity contribution in [1.82, 2.24) is 4.98 Å². The summed E-state index contributed by atoms with van der Waals surface area (Å²) in [5.41, 5.74) is 6.98. The van der Waals surface area contributed by atoms with Crippen molar-refractivity contribution in [3.8, 4) is 16.9 Å². The Kier molecular flexibility index (Phi) is 5.10. The molecule has 0 spiro atoms. The van der Waals surface area contributed by atoms with Gasteiger partial charge in [-0.25, -0.2) is 0 Å². The normalized spacial score (nSPS) is 15.4. The van der Waals surface area contributed by atoms with Crippen molar-refractivity contribution in [2.75, 3.05) is 13.7 Å². The quantitative estimate of drug-likeness (QED) is 0.626. The minimum atomic E-state index is 0.873. The number of allylic oxidation sites excluding steroid dienone is 1. The zero-order chi connectivity index (χ0) is 18.5. The third kappa shape index (κ3) is 3.98. The van der Waals surface area contributed by atoms with Gasteiger partial charge in [0.25, 0.3) is 0 Å². The van der Waals surface area contributed by atoms with Crippen LogP contribution in [0.15, 0.2) is 83.6 Å². The Morgan fingerprint density at radius 2 is 1.78 bits per heavy atom. The molecular formula is C24H22N2O. The van der Waals surface area contributed by atoms with E-state index < -0.39 is 0 Å². The number of hydrogen-bond donors (Lipinski definition) is 0. The van der Waals surface area contributed by atoms with Gasteiger partial charge in [0.2, 0.25) is 0 Å². The van der Waals surface area contributed by atoms with Crippen LogP contribution in [0.4, 0.5) is 0 Å². The second-order valence-corrected chi connectivity index (χ2v) is 6.60. The van der Waals surface area contributed by atoms with Gasteiger partial charge in [0.15, 0.2) is 0 Å². The van der Waals surface area contributed by atoms with Crippen LogP contribution in [0.5, 0.6) is 5.75 Å². The van der Waals surface area contributed by atoms with Crippen LogP contribution >= 0.6 is 0 Å². The Labute approximate surface area is 160 Å². The number of nitrogens with zero attached hydrogens (tertiary/aromatic N) is 2. The summed E-state index contributed by atoms with van der Waals surface area (Å²) < 4.78 is 5.33. The molecule has 0 N–H and O–H groups in total. The minimum Gasteiger partial charge on any atom is -0.497 e. The summed E-state index contributed by atoms with van der Waals surface area (Å²) in [6, 6.07) is 20.8. The second-order valence-electron chi connectivity index (χ2n) is 6.60. The molecule has 27 heavy (non-hydrogen) atoms. The zero-order valence-corrected chi connectivity index (χ0v) is 15.4. The van der Waals surface area contributed by atoms with Crippen LogP contribution in [-0.2, 0) is 0 Å². The van der Waals surface area contributed by atoms with Gasteiger partial charge in [-0.15, -0.1) is 0 Å². The lowest BCUT2D eigenvalue weighted by molar-refractivity contribution is 0.415. The van der Waals surface area contributed by atoms with E-state index in [4.69, 9.17) is 9.73 Å². The second kappa shape index (κ2) is 8.00. The van der Waals surface area contributed by atoms with E-state index in [-0.39, 0.29) is 0 Å². The Hall–Kier alpha value is -3.20. The first-order valence-corrected chi connectivity index (χ1v) is 9.24. The third-order valence-corrected chi connectivity index (χ3v) is 4.77. The first kappa shape index (κ1) is 17.2. The lowest BCUT2D eigenvalue weighted by Gasteiger charge is -2.16. The van der Waals surface area contributed by atoms with Crippen LogP contribution in [0.25, 0.3) is 17.2 Å². The molecule has 3 aromatic rings. The van der Waals surface area contributed by atoms with Crippen molar-refractivity contribution < 1.29 is 4.74 Å². The van der Waals surface area contributed by atoms with E-state index in [0.29, 0.717) is 0 Å². The molecule has 3 nitrogen and oxygen atoms in total. The first-order chi connectivity index (χ1) is 13.3. The summed E-state index contributed by atoms with van der Waals surface area (Å²) in [6.07, 6.45) is 8.08. The van der Waals surface area contributed by atoms with E-state index in [1.54, 1.807) is 13.3 Å². The molecule has 1 aromatic heterocycles. The van der Waals surface area contributed by atoms with Crippen molar-refractivity contribution >= 4 is 11.8 Å². The Morgan fingerprint density at radius 3 is 2.56 bits per heavy atom. The molecule has 2 aromatic carbocycles. The smallest absolute Gasteiger partial charge is 0.119 e. The SMILES string of the molecule is COc1cccc(-c2ccc(/C=C3\CCCN=C3c3cccnc3)cc2)c1. The number of hydrogen-bond acceptors (Lipinski definition) is 3. The third-order valence-electron chi connectivity index (χ3n) is 4.77. The minimum absolute atomic E-state index is 0.873. The van der Waals surface area contributed by atoms with Crippen molar-refractivity contribution in [1.29, 1.82) is 0 Å². The average Bonchev–Trinajstić information content (AvgIpc) is 2.75. The summed E-state index contributed by atoms with van der Waals surface area (Å²) >= 11 is 0. The maximum atomic E-state index is 5.33. The van der Waals surface area contributed by atoms with E-state index in [1.807, 2.05) is 24.4 Å². The number of methoxy groups -OCH3 is 1. The Balaban J connectivity index is 1.61. The predicted octanol–water partition coefficient (Wildman–Crippen LogP) is 5.42. The molecule has 0 bridgehead atoms. The molecule has 2 heterocycles. The van der Waals surface area contributed by atoms with Crippen LogP contribution in [0, 0.1) is 0 Å². The highest BCUT2D eigenvalue weighted by atomic mass is 16.5. The molecule has 134 valence electrons. The van der Waals surface area contributed by atoms with E-state index in [9.17, 15) is 0 Å². The average molecular weight is 354 g/mol. The lowest BCUT2D eigenvalue weighted by Crippen LogP contribution is -2.11. The molecule has 0 saturated heterocycles. The Bertz CT molecular complexity index is 973. The number of aromatic nitrogens is 1. The largest absolute Gasteiger partial charge is 0.497 e. The van der Waals surface area contributed by atoms with Gasteiger partial charge in [0.1, 0.15) is 5.75 Å². The fourth-order valence-electron chi connectivity index (χ4n) is 3.38. The van der Waals surface area contributed by atoms with Gasteiger partial charge in [-0.2, -0.15) is 0 Å². The Morgan fingerprint density at radius 1 is 0.926 bits per heavy atom. The number of benzene rings is 2. The van der Waals surface area contributed by atoms with Crippen LogP contribution < -0.4 is 4.74 Å². The van der Waals surface area contributed by atoms with Crippen molar-refractivity contribution in [2.45, 2.75) is 12.8 Å². The van der Waals surface area contributed by atoms with E-state index in [1.165, 1.54) is 16.7 Å². The number of aliphatic imine (C=N–C) groups is 1. The molecule has 0 radical (unpaired) electrons. The fraction of sp³-hybridized carbons (Fsp3) is 0.167. The molecule has 0 fully saturated rings. The van der Waals surface area contributed by atoms with Gasteiger partial charge in [-0.1, -0.05) is 36.4 Å². The molecule has 0 unspecified atom stereocenters. The number of pyridine rings is 1. The molecule has 0 saturated carbocycles. The summed E-state index contributed by atoms with van der Waals surface area (Å²) in [5.74, 6) is 0.873. The maximum Gasteiger partial charge on any atom is 0.119 e. The highest BCUT2D eigenvalue weighted by Crippen LogP contribution is 2.26. The molecule has 0 aliphatic carbocycles. The highest BCUT2D eigenvalue weighted by molar-refractivity contribution is 6.15. The lowest BCUT2D eigenvalue weighted by atomic mass is 9.94. The van der Waals surface area contributed by atoms with E-state index in [2.05, 4.69) is 53.5 Å². The van der Waals surface area contributed by atoms with Crippen LogP contribution in [-0.4, -0.2) is 24.4 Å². The van der Waals surface area contributed by atoms with Crippen molar-refractivity contribution in [3.63, 3.8) is 0 Å². The van der Waals surface area contributed by atoms with E-state index >= 15 is 0 Å². The molecule has 1 aliphatic rings. The fourth-order valence-corrected chi connectivity index (χ4v) is 3.38. The summed E-state index contributed by atoms with van der Waals surface area (Å²) in [6.45, 7) is 0.885. The molecule has 0 atom stereocenters. The van der Waals surface area contributed by atoms with Crippen LogP contribution in [0.1, 0.15) is 24.0 Å². The van der Waals surface area contributed by atoms with Gasteiger partial charge in [-0.3, -0.25) is 9.98 Å². The van der Waals surface area contributed by atoms with Crippen molar-refractivity contribution in [2.24, 2.45) is 4.99 Å². The van der Waals surface area contributed by atoms with Gasteiger partial charge in [0.05, 0.1) is 12.8 Å². The number of ether oxygens (including phenoxy) is 1. The maximum absolute atomic E-state index is 5.33. The molecule has 4 rings (SSSR count). The number of rotatable bonds is 4. The highest BCUT2D eigenvalue weighted by Gasteiger charge is 2.14. The topological polar surface area (TPSA) is 34.5 Å². The monoisotopic (exact) mass is 354 g/mol. The summed E-state index contributed by atoms with van der Waals surface area (Å²) in [7, 11) is 1.69.